The lowest BCUT2D eigenvalue weighted by Gasteiger charge is -2.13. The van der Waals surface area contributed by atoms with Gasteiger partial charge in [-0.05, 0) is 49.3 Å². The maximum Gasteiger partial charge on any atom is 0.251 e. The fraction of sp³-hybridized carbons (Fsp3) is 0.500. The molecule has 1 aromatic rings. The molecule has 1 saturated carbocycles. The number of nitrogen functional groups attached to an aromatic ring is 1. The molecule has 4 heteroatoms. The van der Waals surface area contributed by atoms with Gasteiger partial charge in [-0.2, -0.15) is 11.8 Å². The molecule has 0 spiro atoms. The predicted molar refractivity (Wildman–Crippen MR) is 77.9 cm³/mol. The summed E-state index contributed by atoms with van der Waals surface area (Å²) < 4.78 is 0. The van der Waals surface area contributed by atoms with E-state index in [0.717, 1.165) is 18.6 Å². The molecule has 1 amide bonds. The number of benzene rings is 1. The second-order valence-corrected chi connectivity index (χ2v) is 6.26. The topological polar surface area (TPSA) is 55.1 Å². The smallest absolute Gasteiger partial charge is 0.251 e. The van der Waals surface area contributed by atoms with E-state index in [1.54, 1.807) is 24.3 Å². The molecule has 1 aliphatic rings. The molecule has 1 fully saturated rings. The summed E-state index contributed by atoms with van der Waals surface area (Å²) in [5.74, 6) is 1.17. The van der Waals surface area contributed by atoms with Gasteiger partial charge in [-0.15, -0.1) is 0 Å². The van der Waals surface area contributed by atoms with E-state index in [1.165, 1.54) is 6.42 Å². The van der Waals surface area contributed by atoms with E-state index >= 15 is 0 Å². The Morgan fingerprint density at radius 2 is 2.11 bits per heavy atom. The first-order chi connectivity index (χ1) is 8.69. The minimum absolute atomic E-state index is 0.0159. The number of amides is 1. The second kappa shape index (κ2) is 6.14. The maximum absolute atomic E-state index is 12.0. The highest BCUT2D eigenvalue weighted by molar-refractivity contribution is 7.99. The molecule has 0 heterocycles. The summed E-state index contributed by atoms with van der Waals surface area (Å²) in [5, 5.41) is 3.82. The lowest BCUT2D eigenvalue weighted by molar-refractivity contribution is 0.0938. The Labute approximate surface area is 113 Å². The summed E-state index contributed by atoms with van der Waals surface area (Å²) in [6.45, 7) is 2.19. The lowest BCUT2D eigenvalue weighted by atomic mass is 10.1. The van der Waals surface area contributed by atoms with E-state index in [-0.39, 0.29) is 5.91 Å². The van der Waals surface area contributed by atoms with Crippen LogP contribution in [0.25, 0.3) is 0 Å². The van der Waals surface area contributed by atoms with Crippen LogP contribution in [0.3, 0.4) is 0 Å². The molecular formula is C14H20N2OS. The van der Waals surface area contributed by atoms with Gasteiger partial charge in [-0.25, -0.2) is 0 Å². The number of thioether (sulfide) groups is 1. The van der Waals surface area contributed by atoms with E-state index in [4.69, 9.17) is 5.73 Å². The Morgan fingerprint density at radius 3 is 2.78 bits per heavy atom. The zero-order valence-electron chi connectivity index (χ0n) is 10.7. The van der Waals surface area contributed by atoms with Crippen LogP contribution < -0.4 is 11.1 Å². The molecule has 2 rings (SSSR count). The van der Waals surface area contributed by atoms with E-state index in [0.29, 0.717) is 22.5 Å². The largest absolute Gasteiger partial charge is 0.399 e. The summed E-state index contributed by atoms with van der Waals surface area (Å²) in [6, 6.07) is 7.41. The number of nitrogens with one attached hydrogen (secondary N) is 1. The summed E-state index contributed by atoms with van der Waals surface area (Å²) in [7, 11) is 0. The number of rotatable bonds is 4. The Bertz CT molecular complexity index is 405. The molecule has 1 aliphatic carbocycles. The van der Waals surface area contributed by atoms with Gasteiger partial charge >= 0.3 is 0 Å². The van der Waals surface area contributed by atoms with Crippen LogP contribution >= 0.6 is 11.8 Å². The number of anilines is 1. The minimum atomic E-state index is 0.0159. The van der Waals surface area contributed by atoms with Crippen LogP contribution in [0, 0.1) is 0 Å². The van der Waals surface area contributed by atoms with Gasteiger partial charge in [0.2, 0.25) is 0 Å². The average molecular weight is 264 g/mol. The normalized spacial score (nSPS) is 22.9. The van der Waals surface area contributed by atoms with E-state index in [9.17, 15) is 4.79 Å². The van der Waals surface area contributed by atoms with Crippen molar-refractivity contribution >= 4 is 23.4 Å². The van der Waals surface area contributed by atoms with Crippen molar-refractivity contribution in [1.82, 2.24) is 5.32 Å². The van der Waals surface area contributed by atoms with E-state index in [2.05, 4.69) is 12.2 Å². The fourth-order valence-corrected chi connectivity index (χ4v) is 3.50. The highest BCUT2D eigenvalue weighted by atomic mass is 32.2. The van der Waals surface area contributed by atoms with Crippen molar-refractivity contribution in [2.75, 3.05) is 11.5 Å². The Morgan fingerprint density at radius 1 is 1.39 bits per heavy atom. The van der Waals surface area contributed by atoms with Crippen LogP contribution in [0.5, 0.6) is 0 Å². The Kier molecular flexibility index (Phi) is 4.53. The van der Waals surface area contributed by atoms with Crippen LogP contribution in [0.2, 0.25) is 0 Å². The number of carbonyl (C=O) groups is 1. The summed E-state index contributed by atoms with van der Waals surface area (Å²) in [5.41, 5.74) is 6.98. The quantitative estimate of drug-likeness (QED) is 0.822. The third kappa shape index (κ3) is 3.42. The molecule has 1 aromatic carbocycles. The molecule has 0 saturated heterocycles. The Hall–Kier alpha value is -1.16. The number of hydrogen-bond donors (Lipinski definition) is 2. The first-order valence-corrected chi connectivity index (χ1v) is 7.52. The van der Waals surface area contributed by atoms with Gasteiger partial charge in [-0.1, -0.05) is 6.92 Å². The summed E-state index contributed by atoms with van der Waals surface area (Å²) in [6.07, 6.45) is 3.41. The van der Waals surface area contributed by atoms with Crippen molar-refractivity contribution in [2.45, 2.75) is 37.5 Å². The average Bonchev–Trinajstić information content (AvgIpc) is 2.78. The number of hydrogen-bond acceptors (Lipinski definition) is 3. The molecule has 0 aromatic heterocycles. The summed E-state index contributed by atoms with van der Waals surface area (Å²) in [4.78, 5) is 12.0. The molecule has 0 aliphatic heterocycles. The molecular weight excluding hydrogens is 244 g/mol. The molecule has 3 N–H and O–H groups in total. The van der Waals surface area contributed by atoms with Gasteiger partial charge < -0.3 is 11.1 Å². The maximum atomic E-state index is 12.0. The standard InChI is InChI=1S/C14H20N2OS/c1-2-18-13-8-7-12(9-13)16-14(17)10-3-5-11(15)6-4-10/h3-6,12-13H,2,7-9,15H2,1H3,(H,16,17). The van der Waals surface area contributed by atoms with Crippen LogP contribution in [0.15, 0.2) is 24.3 Å². The molecule has 18 heavy (non-hydrogen) atoms. The van der Waals surface area contributed by atoms with Crippen molar-refractivity contribution in [3.05, 3.63) is 29.8 Å². The van der Waals surface area contributed by atoms with Gasteiger partial charge in [0, 0.05) is 22.5 Å². The van der Waals surface area contributed by atoms with Crippen LogP contribution in [-0.4, -0.2) is 23.0 Å². The van der Waals surface area contributed by atoms with Crippen LogP contribution in [-0.2, 0) is 0 Å². The van der Waals surface area contributed by atoms with Gasteiger partial charge in [-0.3, -0.25) is 4.79 Å². The van der Waals surface area contributed by atoms with Crippen molar-refractivity contribution in [2.24, 2.45) is 0 Å². The van der Waals surface area contributed by atoms with Gasteiger partial charge in [0.1, 0.15) is 0 Å². The van der Waals surface area contributed by atoms with Gasteiger partial charge in [0.05, 0.1) is 0 Å². The predicted octanol–water partition coefficient (Wildman–Crippen LogP) is 2.67. The third-order valence-corrected chi connectivity index (χ3v) is 4.53. The molecule has 0 bridgehead atoms. The lowest BCUT2D eigenvalue weighted by Crippen LogP contribution is -2.33. The molecule has 98 valence electrons. The molecule has 2 atom stereocenters. The first-order valence-electron chi connectivity index (χ1n) is 6.47. The first kappa shape index (κ1) is 13.3. The molecule has 3 nitrogen and oxygen atoms in total. The van der Waals surface area contributed by atoms with Gasteiger partial charge in [0.25, 0.3) is 5.91 Å². The van der Waals surface area contributed by atoms with E-state index < -0.39 is 0 Å². The van der Waals surface area contributed by atoms with Gasteiger partial charge in [0.15, 0.2) is 0 Å². The Balaban J connectivity index is 1.87. The van der Waals surface area contributed by atoms with Crippen LogP contribution in [0.1, 0.15) is 36.5 Å². The van der Waals surface area contributed by atoms with Crippen molar-refractivity contribution in [3.63, 3.8) is 0 Å². The zero-order chi connectivity index (χ0) is 13.0. The highest BCUT2D eigenvalue weighted by Crippen LogP contribution is 2.29. The SMILES string of the molecule is CCSC1CCC(NC(=O)c2ccc(N)cc2)C1. The monoisotopic (exact) mass is 264 g/mol. The van der Waals surface area contributed by atoms with Crippen molar-refractivity contribution in [3.8, 4) is 0 Å². The molecule has 2 unspecified atom stereocenters. The number of carbonyl (C=O) groups excluding carboxylic acids is 1. The highest BCUT2D eigenvalue weighted by Gasteiger charge is 2.25. The second-order valence-electron chi connectivity index (χ2n) is 4.68. The third-order valence-electron chi connectivity index (χ3n) is 3.29. The molecule has 0 radical (unpaired) electrons. The zero-order valence-corrected chi connectivity index (χ0v) is 11.5. The summed E-state index contributed by atoms with van der Waals surface area (Å²) >= 11 is 2.00. The van der Waals surface area contributed by atoms with Crippen molar-refractivity contribution < 1.29 is 4.79 Å². The van der Waals surface area contributed by atoms with Crippen LogP contribution in [0.4, 0.5) is 5.69 Å². The fourth-order valence-electron chi connectivity index (χ4n) is 2.36. The van der Waals surface area contributed by atoms with Crippen molar-refractivity contribution in [1.29, 1.82) is 0 Å². The minimum Gasteiger partial charge on any atom is -0.399 e. The number of nitrogens with two attached hydrogens (primary N) is 1. The van der Waals surface area contributed by atoms with E-state index in [1.807, 2.05) is 11.8 Å².